The van der Waals surface area contributed by atoms with Crippen molar-refractivity contribution in [3.05, 3.63) is 24.0 Å². The van der Waals surface area contributed by atoms with Crippen LogP contribution in [0.3, 0.4) is 0 Å². The van der Waals surface area contributed by atoms with Crippen LogP contribution in [0.2, 0.25) is 0 Å². The summed E-state index contributed by atoms with van der Waals surface area (Å²) in [5, 5.41) is 7.61. The van der Waals surface area contributed by atoms with Gasteiger partial charge in [-0.2, -0.15) is 0 Å². The van der Waals surface area contributed by atoms with Crippen molar-refractivity contribution in [3.8, 4) is 0 Å². The highest BCUT2D eigenvalue weighted by atomic mass is 15.4. The molecule has 0 fully saturated rings. The van der Waals surface area contributed by atoms with Crippen molar-refractivity contribution in [1.29, 1.82) is 0 Å². The van der Waals surface area contributed by atoms with Gasteiger partial charge in [0, 0.05) is 26.0 Å². The minimum absolute atomic E-state index is 0.346. The van der Waals surface area contributed by atoms with Gasteiger partial charge in [0.15, 0.2) is 0 Å². The van der Waals surface area contributed by atoms with E-state index in [-0.39, 0.29) is 0 Å². The molecule has 0 unspecified atom stereocenters. The highest BCUT2D eigenvalue weighted by Crippen LogP contribution is 2.06. The van der Waals surface area contributed by atoms with Crippen LogP contribution in [0.25, 0.3) is 0 Å². The second kappa shape index (κ2) is 4.04. The number of nitrogens with zero attached hydrogens (tertiary/aromatic N) is 3. The number of aromatic amines is 2. The van der Waals surface area contributed by atoms with E-state index in [2.05, 4.69) is 26.2 Å². The van der Waals surface area contributed by atoms with E-state index in [1.54, 1.807) is 0 Å². The number of aromatic nitrogens is 4. The van der Waals surface area contributed by atoms with Gasteiger partial charge in [-0.25, -0.2) is 0 Å². The number of hydrogen-bond donors (Lipinski definition) is 3. The Labute approximate surface area is 87.5 Å². The number of likely N-dealkylation sites (N-methyl/N-ethyl adjacent to an activating group) is 1. The first kappa shape index (κ1) is 9.57. The van der Waals surface area contributed by atoms with E-state index in [9.17, 15) is 0 Å². The summed E-state index contributed by atoms with van der Waals surface area (Å²) < 4.78 is 0. The van der Waals surface area contributed by atoms with Crippen molar-refractivity contribution < 1.29 is 0 Å². The molecule has 0 saturated carbocycles. The molecule has 2 aromatic heterocycles. The van der Waals surface area contributed by atoms with Gasteiger partial charge in [0.2, 0.25) is 11.9 Å². The maximum atomic E-state index is 5.45. The quantitative estimate of drug-likeness (QED) is 0.675. The predicted octanol–water partition coefficient (Wildman–Crippen LogP) is 0.394. The predicted molar refractivity (Wildman–Crippen MR) is 58.6 cm³/mol. The molecule has 15 heavy (non-hydrogen) atoms. The maximum absolute atomic E-state index is 5.45. The molecule has 2 aromatic rings. The molecule has 0 radical (unpaired) electrons. The zero-order valence-corrected chi connectivity index (χ0v) is 8.57. The highest BCUT2D eigenvalue weighted by Gasteiger charge is 2.05. The Kier molecular flexibility index (Phi) is 2.57. The van der Waals surface area contributed by atoms with Gasteiger partial charge in [-0.05, 0) is 18.1 Å². The summed E-state index contributed by atoms with van der Waals surface area (Å²) in [6.45, 7) is 0.868. The van der Waals surface area contributed by atoms with Gasteiger partial charge in [0.25, 0.3) is 0 Å². The lowest BCUT2D eigenvalue weighted by atomic mass is 10.2. The van der Waals surface area contributed by atoms with Crippen LogP contribution in [0.5, 0.6) is 0 Å². The van der Waals surface area contributed by atoms with Crippen molar-refractivity contribution in [2.24, 2.45) is 0 Å². The number of nitrogens with one attached hydrogen (secondary N) is 2. The molecule has 4 N–H and O–H groups in total. The molecule has 0 spiro atoms. The minimum Gasteiger partial charge on any atom is -0.368 e. The molecule has 2 heterocycles. The van der Waals surface area contributed by atoms with E-state index in [0.717, 1.165) is 13.0 Å². The normalized spacial score (nSPS) is 10.5. The van der Waals surface area contributed by atoms with E-state index in [4.69, 9.17) is 5.73 Å². The summed E-state index contributed by atoms with van der Waals surface area (Å²) in [4.78, 5) is 7.89. The second-order valence-electron chi connectivity index (χ2n) is 3.42. The summed E-state index contributed by atoms with van der Waals surface area (Å²) in [7, 11) is 1.95. The smallest absolute Gasteiger partial charge is 0.225 e. The Bertz CT molecular complexity index is 404. The first-order chi connectivity index (χ1) is 7.25. The third kappa shape index (κ3) is 2.28. The highest BCUT2D eigenvalue weighted by molar-refractivity contribution is 5.32. The molecule has 0 aliphatic heterocycles. The van der Waals surface area contributed by atoms with E-state index >= 15 is 0 Å². The number of anilines is 2. The Balaban J connectivity index is 1.90. The van der Waals surface area contributed by atoms with Crippen molar-refractivity contribution in [1.82, 2.24) is 20.2 Å². The summed E-state index contributed by atoms with van der Waals surface area (Å²) in [6.07, 6.45) is 4.87. The number of nitrogen functional groups attached to an aromatic ring is 1. The van der Waals surface area contributed by atoms with Gasteiger partial charge >= 0.3 is 0 Å². The van der Waals surface area contributed by atoms with Gasteiger partial charge in [0.05, 0.1) is 0 Å². The molecule has 0 atom stereocenters. The molecule has 0 aliphatic rings. The van der Waals surface area contributed by atoms with Crippen molar-refractivity contribution in [2.45, 2.75) is 6.42 Å². The average molecular weight is 206 g/mol. The summed E-state index contributed by atoms with van der Waals surface area (Å²) >= 11 is 0. The first-order valence-electron chi connectivity index (χ1n) is 4.76. The number of nitrogens with two attached hydrogens (primary N) is 1. The second-order valence-corrected chi connectivity index (χ2v) is 3.42. The minimum atomic E-state index is 0.346. The molecular weight excluding hydrogens is 192 g/mol. The fourth-order valence-corrected chi connectivity index (χ4v) is 1.35. The van der Waals surface area contributed by atoms with Crippen LogP contribution < -0.4 is 10.6 Å². The third-order valence-corrected chi connectivity index (χ3v) is 2.25. The number of H-pyrrole nitrogens is 2. The van der Waals surface area contributed by atoms with Crippen LogP contribution in [-0.2, 0) is 6.42 Å². The molecule has 80 valence electrons. The molecule has 0 bridgehead atoms. The molecule has 0 aliphatic carbocycles. The van der Waals surface area contributed by atoms with E-state index in [1.165, 1.54) is 5.56 Å². The molecule has 6 nitrogen and oxygen atoms in total. The van der Waals surface area contributed by atoms with Crippen molar-refractivity contribution in [2.75, 3.05) is 24.2 Å². The lowest BCUT2D eigenvalue weighted by Gasteiger charge is -2.14. The number of hydrogen-bond acceptors (Lipinski definition) is 4. The van der Waals surface area contributed by atoms with Crippen LogP contribution in [0.15, 0.2) is 18.5 Å². The molecular formula is C9H14N6. The van der Waals surface area contributed by atoms with Gasteiger partial charge in [-0.3, -0.25) is 4.98 Å². The van der Waals surface area contributed by atoms with Crippen molar-refractivity contribution in [3.63, 3.8) is 0 Å². The number of rotatable bonds is 4. The van der Waals surface area contributed by atoms with Crippen LogP contribution >= 0.6 is 0 Å². The van der Waals surface area contributed by atoms with E-state index in [1.807, 2.05) is 24.3 Å². The summed E-state index contributed by atoms with van der Waals surface area (Å²) in [5.74, 6) is 1.04. The molecule has 6 heteroatoms. The maximum Gasteiger partial charge on any atom is 0.225 e. The average Bonchev–Trinajstić information content (AvgIpc) is 2.84. The Hall–Kier alpha value is -1.98. The van der Waals surface area contributed by atoms with Crippen LogP contribution in [-0.4, -0.2) is 33.8 Å². The summed E-state index contributed by atoms with van der Waals surface area (Å²) in [5.41, 5.74) is 6.72. The molecule has 0 amide bonds. The zero-order valence-electron chi connectivity index (χ0n) is 8.57. The van der Waals surface area contributed by atoms with Crippen LogP contribution in [0.4, 0.5) is 11.9 Å². The monoisotopic (exact) mass is 206 g/mol. The molecule has 0 aromatic carbocycles. The summed E-state index contributed by atoms with van der Waals surface area (Å²) in [6, 6.07) is 2.06. The van der Waals surface area contributed by atoms with Gasteiger partial charge < -0.3 is 15.6 Å². The SMILES string of the molecule is CN(CCc1cc[nH]c1)c1nnc(N)[nH]1. The Morgan fingerprint density at radius 2 is 2.33 bits per heavy atom. The standard InChI is InChI=1S/C9H14N6/c1-15(9-12-8(10)13-14-9)5-3-7-2-4-11-6-7/h2,4,6,11H,3,5H2,1H3,(H3,10,12,13,14). The van der Waals surface area contributed by atoms with E-state index < -0.39 is 0 Å². The first-order valence-corrected chi connectivity index (χ1v) is 4.76. The van der Waals surface area contributed by atoms with Gasteiger partial charge in [0.1, 0.15) is 0 Å². The zero-order chi connectivity index (χ0) is 10.7. The lowest BCUT2D eigenvalue weighted by Crippen LogP contribution is -2.21. The fraction of sp³-hybridized carbons (Fsp3) is 0.333. The van der Waals surface area contributed by atoms with E-state index in [0.29, 0.717) is 11.9 Å². The Morgan fingerprint density at radius 1 is 1.47 bits per heavy atom. The van der Waals surface area contributed by atoms with Crippen LogP contribution in [0, 0.1) is 0 Å². The topological polar surface area (TPSA) is 86.6 Å². The Morgan fingerprint density at radius 3 is 2.93 bits per heavy atom. The molecule has 2 rings (SSSR count). The van der Waals surface area contributed by atoms with Gasteiger partial charge in [-0.15, -0.1) is 10.2 Å². The van der Waals surface area contributed by atoms with Gasteiger partial charge in [-0.1, -0.05) is 0 Å². The van der Waals surface area contributed by atoms with Crippen LogP contribution in [0.1, 0.15) is 5.56 Å². The largest absolute Gasteiger partial charge is 0.368 e. The van der Waals surface area contributed by atoms with Crippen molar-refractivity contribution >= 4 is 11.9 Å². The molecule has 0 saturated heterocycles. The lowest BCUT2D eigenvalue weighted by molar-refractivity contribution is 0.841. The fourth-order valence-electron chi connectivity index (χ4n) is 1.35. The third-order valence-electron chi connectivity index (χ3n) is 2.25.